The number of aryl methyl sites for hydroxylation is 2. The summed E-state index contributed by atoms with van der Waals surface area (Å²) >= 11 is 0. The number of hydrogen-bond donors (Lipinski definition) is 2. The minimum absolute atomic E-state index is 0.197. The van der Waals surface area contributed by atoms with Crippen LogP contribution in [0.1, 0.15) is 29.9 Å². The quantitative estimate of drug-likeness (QED) is 0.776. The molecule has 1 aromatic rings. The molecular formula is C12H20N4O3. The van der Waals surface area contributed by atoms with Crippen LogP contribution in [0.5, 0.6) is 0 Å². The highest BCUT2D eigenvalue weighted by atomic mass is 16.4. The minimum atomic E-state index is -0.963. The fourth-order valence-corrected chi connectivity index (χ4v) is 2.13. The van der Waals surface area contributed by atoms with Crippen molar-refractivity contribution in [2.45, 2.75) is 20.8 Å². The van der Waals surface area contributed by atoms with Crippen molar-refractivity contribution in [3.05, 3.63) is 11.3 Å². The van der Waals surface area contributed by atoms with E-state index in [2.05, 4.69) is 5.10 Å². The van der Waals surface area contributed by atoms with Crippen LogP contribution in [0.4, 0.5) is 5.82 Å². The van der Waals surface area contributed by atoms with E-state index in [1.165, 1.54) is 4.68 Å². The summed E-state index contributed by atoms with van der Waals surface area (Å²) in [6, 6.07) is 0. The lowest BCUT2D eigenvalue weighted by atomic mass is 10.1. The molecule has 106 valence electrons. The van der Waals surface area contributed by atoms with Crippen LogP contribution in [0.3, 0.4) is 0 Å². The second-order valence-electron chi connectivity index (χ2n) is 4.94. The predicted octanol–water partition coefficient (Wildman–Crippen LogP) is 0.374. The molecule has 0 aliphatic heterocycles. The Morgan fingerprint density at radius 1 is 1.47 bits per heavy atom. The number of hydrogen-bond acceptors (Lipinski definition) is 4. The monoisotopic (exact) mass is 268 g/mol. The van der Waals surface area contributed by atoms with Gasteiger partial charge >= 0.3 is 5.97 Å². The summed E-state index contributed by atoms with van der Waals surface area (Å²) in [7, 11) is 1.67. The van der Waals surface area contributed by atoms with Crippen molar-refractivity contribution in [2.75, 3.05) is 18.0 Å². The summed E-state index contributed by atoms with van der Waals surface area (Å²) in [5, 5.41) is 13.1. The van der Waals surface area contributed by atoms with Crippen molar-refractivity contribution >= 4 is 17.7 Å². The van der Waals surface area contributed by atoms with Gasteiger partial charge in [0.2, 0.25) is 0 Å². The third-order valence-corrected chi connectivity index (χ3v) is 2.65. The number of nitrogens with two attached hydrogens (primary N) is 1. The largest absolute Gasteiger partial charge is 0.480 e. The maximum atomic E-state index is 11.5. The standard InChI is InChI=1S/C12H20N4O3/c1-7(2)5-16(6-9(17)18)12-10(11(13)19)8(3)14-15(12)4/h7H,5-6H2,1-4H3,(H2,13,19)(H,17,18). The molecule has 0 aliphatic rings. The molecule has 1 aromatic heterocycles. The first kappa shape index (κ1) is 15.0. The molecule has 0 unspecified atom stereocenters. The van der Waals surface area contributed by atoms with E-state index in [-0.39, 0.29) is 18.0 Å². The van der Waals surface area contributed by atoms with E-state index in [0.717, 1.165) is 0 Å². The first-order valence-electron chi connectivity index (χ1n) is 6.04. The molecule has 1 rings (SSSR count). The van der Waals surface area contributed by atoms with Gasteiger partial charge in [-0.25, -0.2) is 0 Å². The number of anilines is 1. The molecule has 0 aliphatic carbocycles. The molecule has 1 heterocycles. The zero-order valence-corrected chi connectivity index (χ0v) is 11.7. The van der Waals surface area contributed by atoms with E-state index in [1.807, 2.05) is 13.8 Å². The van der Waals surface area contributed by atoms with Crippen LogP contribution >= 0.6 is 0 Å². The maximum Gasteiger partial charge on any atom is 0.323 e. The Morgan fingerprint density at radius 3 is 2.47 bits per heavy atom. The van der Waals surface area contributed by atoms with Crippen LogP contribution in [-0.2, 0) is 11.8 Å². The van der Waals surface area contributed by atoms with Crippen molar-refractivity contribution in [3.8, 4) is 0 Å². The summed E-state index contributed by atoms with van der Waals surface area (Å²) in [6.45, 7) is 5.94. The molecule has 0 aromatic carbocycles. The fraction of sp³-hybridized carbons (Fsp3) is 0.583. The Kier molecular flexibility index (Phi) is 4.52. The minimum Gasteiger partial charge on any atom is -0.480 e. The van der Waals surface area contributed by atoms with E-state index in [9.17, 15) is 9.59 Å². The molecule has 3 N–H and O–H groups in total. The molecule has 0 bridgehead atoms. The van der Waals surface area contributed by atoms with Gasteiger partial charge in [-0.2, -0.15) is 5.10 Å². The topological polar surface area (TPSA) is 101 Å². The number of primary amides is 1. The van der Waals surface area contributed by atoms with E-state index < -0.39 is 11.9 Å². The Balaban J connectivity index is 3.28. The molecule has 0 saturated heterocycles. The first-order chi connectivity index (χ1) is 8.73. The average Bonchev–Trinajstić information content (AvgIpc) is 2.50. The number of carboxylic acid groups (broad SMARTS) is 1. The van der Waals surface area contributed by atoms with Gasteiger partial charge in [0.15, 0.2) is 0 Å². The molecule has 19 heavy (non-hydrogen) atoms. The highest BCUT2D eigenvalue weighted by Gasteiger charge is 2.24. The van der Waals surface area contributed by atoms with Crippen LogP contribution in [0, 0.1) is 12.8 Å². The van der Waals surface area contributed by atoms with Gasteiger partial charge in [-0.3, -0.25) is 14.3 Å². The zero-order chi connectivity index (χ0) is 14.7. The Labute approximate surface area is 112 Å². The van der Waals surface area contributed by atoms with E-state index in [0.29, 0.717) is 18.1 Å². The second-order valence-corrected chi connectivity index (χ2v) is 4.94. The summed E-state index contributed by atoms with van der Waals surface area (Å²) in [5.74, 6) is -0.856. The number of rotatable bonds is 6. The molecule has 0 saturated carbocycles. The Hall–Kier alpha value is -2.05. The number of carbonyl (C=O) groups excluding carboxylic acids is 1. The van der Waals surface area contributed by atoms with Crippen molar-refractivity contribution in [3.63, 3.8) is 0 Å². The van der Waals surface area contributed by atoms with Crippen molar-refractivity contribution in [1.29, 1.82) is 0 Å². The third kappa shape index (κ3) is 3.46. The highest BCUT2D eigenvalue weighted by molar-refractivity contribution is 5.99. The zero-order valence-electron chi connectivity index (χ0n) is 11.7. The first-order valence-corrected chi connectivity index (χ1v) is 6.04. The Bertz CT molecular complexity index is 493. The number of carboxylic acids is 1. The molecule has 0 atom stereocenters. The third-order valence-electron chi connectivity index (χ3n) is 2.65. The molecule has 0 fully saturated rings. The molecule has 7 heteroatoms. The van der Waals surface area contributed by atoms with Crippen LogP contribution in [0.25, 0.3) is 0 Å². The van der Waals surface area contributed by atoms with Crippen LogP contribution in [-0.4, -0.2) is 39.9 Å². The lowest BCUT2D eigenvalue weighted by Gasteiger charge is -2.25. The van der Waals surface area contributed by atoms with Gasteiger partial charge in [0, 0.05) is 13.6 Å². The van der Waals surface area contributed by atoms with Crippen molar-refractivity contribution in [1.82, 2.24) is 9.78 Å². The van der Waals surface area contributed by atoms with E-state index in [1.54, 1.807) is 18.9 Å². The van der Waals surface area contributed by atoms with Gasteiger partial charge < -0.3 is 15.7 Å². The highest BCUT2D eigenvalue weighted by Crippen LogP contribution is 2.23. The molecule has 0 spiro atoms. The van der Waals surface area contributed by atoms with Crippen LogP contribution < -0.4 is 10.6 Å². The summed E-state index contributed by atoms with van der Waals surface area (Å²) in [4.78, 5) is 24.1. The number of aromatic nitrogens is 2. The predicted molar refractivity (Wildman–Crippen MR) is 71.1 cm³/mol. The number of nitrogens with zero attached hydrogens (tertiary/aromatic N) is 3. The van der Waals surface area contributed by atoms with Crippen molar-refractivity contribution in [2.24, 2.45) is 18.7 Å². The Morgan fingerprint density at radius 2 is 2.05 bits per heavy atom. The lowest BCUT2D eigenvalue weighted by molar-refractivity contribution is -0.135. The molecule has 0 radical (unpaired) electrons. The molecule has 1 amide bonds. The second kappa shape index (κ2) is 5.73. The van der Waals surface area contributed by atoms with Gasteiger partial charge in [-0.15, -0.1) is 0 Å². The number of carbonyl (C=O) groups is 2. The fourth-order valence-electron chi connectivity index (χ4n) is 2.13. The summed E-state index contributed by atoms with van der Waals surface area (Å²) in [6.07, 6.45) is 0. The van der Waals surface area contributed by atoms with Gasteiger partial charge in [0.25, 0.3) is 5.91 Å². The number of aliphatic carboxylic acids is 1. The van der Waals surface area contributed by atoms with Gasteiger partial charge in [0.05, 0.1) is 5.69 Å². The van der Waals surface area contributed by atoms with Crippen molar-refractivity contribution < 1.29 is 14.7 Å². The summed E-state index contributed by atoms with van der Waals surface area (Å²) < 4.78 is 1.50. The lowest BCUT2D eigenvalue weighted by Crippen LogP contribution is -2.35. The SMILES string of the molecule is Cc1nn(C)c(N(CC(=O)O)CC(C)C)c1C(N)=O. The maximum absolute atomic E-state index is 11.5. The van der Waals surface area contributed by atoms with Gasteiger partial charge in [-0.1, -0.05) is 13.8 Å². The summed E-state index contributed by atoms with van der Waals surface area (Å²) in [5.41, 5.74) is 6.15. The number of amides is 1. The molecule has 7 nitrogen and oxygen atoms in total. The van der Waals surface area contributed by atoms with Crippen LogP contribution in [0.15, 0.2) is 0 Å². The normalized spacial score (nSPS) is 10.8. The van der Waals surface area contributed by atoms with E-state index in [4.69, 9.17) is 10.8 Å². The smallest absolute Gasteiger partial charge is 0.323 e. The molecular weight excluding hydrogens is 248 g/mol. The average molecular weight is 268 g/mol. The van der Waals surface area contributed by atoms with Gasteiger partial charge in [-0.05, 0) is 12.8 Å². The van der Waals surface area contributed by atoms with Crippen LogP contribution in [0.2, 0.25) is 0 Å². The van der Waals surface area contributed by atoms with E-state index >= 15 is 0 Å². The van der Waals surface area contributed by atoms with Gasteiger partial charge in [0.1, 0.15) is 17.9 Å².